The predicted octanol–water partition coefficient (Wildman–Crippen LogP) is 4.64. The molecule has 2 amide bonds. The first-order valence-corrected chi connectivity index (χ1v) is 8.55. The molecule has 0 atom stereocenters. The van der Waals surface area contributed by atoms with Crippen LogP contribution in [0.5, 0.6) is 0 Å². The van der Waals surface area contributed by atoms with Crippen LogP contribution in [0.15, 0.2) is 24.3 Å². The summed E-state index contributed by atoms with van der Waals surface area (Å²) in [6, 6.07) is 6.42. The predicted molar refractivity (Wildman–Crippen MR) is 90.4 cm³/mol. The van der Waals surface area contributed by atoms with Crippen molar-refractivity contribution in [2.75, 3.05) is 10.6 Å². The van der Waals surface area contributed by atoms with Gasteiger partial charge in [-0.05, 0) is 43.0 Å². The van der Waals surface area contributed by atoms with Crippen LogP contribution in [-0.4, -0.2) is 18.0 Å². The van der Waals surface area contributed by atoms with Gasteiger partial charge in [-0.2, -0.15) is 13.2 Å². The van der Waals surface area contributed by atoms with E-state index in [1.165, 1.54) is 6.07 Å². The first-order valence-electron chi connectivity index (χ1n) is 7.35. The Hall–Kier alpha value is -2.06. The van der Waals surface area contributed by atoms with Crippen molar-refractivity contribution >= 4 is 45.4 Å². The van der Waals surface area contributed by atoms with Crippen LogP contribution in [0.1, 0.15) is 27.2 Å². The maximum absolute atomic E-state index is 12.6. The molecule has 0 unspecified atom stereocenters. The van der Waals surface area contributed by atoms with Gasteiger partial charge in [-0.25, -0.2) is 0 Å². The normalized spacial score (nSPS) is 13.4. The van der Waals surface area contributed by atoms with Gasteiger partial charge in [0.1, 0.15) is 5.00 Å². The van der Waals surface area contributed by atoms with Crippen LogP contribution in [0.4, 0.5) is 23.9 Å². The molecular formula is C16H12ClF3N2O2S. The molecule has 132 valence electrons. The summed E-state index contributed by atoms with van der Waals surface area (Å²) in [6.07, 6.45) is -2.92. The highest BCUT2D eigenvalue weighted by atomic mass is 35.5. The fourth-order valence-electron chi connectivity index (χ4n) is 2.67. The van der Waals surface area contributed by atoms with E-state index in [2.05, 4.69) is 5.32 Å². The third-order valence-corrected chi connectivity index (χ3v) is 5.16. The first kappa shape index (κ1) is 17.8. The Labute approximate surface area is 150 Å². The number of hydrogen-bond donors (Lipinski definition) is 2. The van der Waals surface area contributed by atoms with Gasteiger partial charge in [-0.3, -0.25) is 9.59 Å². The number of amides is 2. The molecule has 2 N–H and O–H groups in total. The Balaban J connectivity index is 1.91. The maximum atomic E-state index is 12.6. The summed E-state index contributed by atoms with van der Waals surface area (Å²) >= 11 is 6.88. The van der Waals surface area contributed by atoms with E-state index in [-0.39, 0.29) is 10.6 Å². The van der Waals surface area contributed by atoms with E-state index in [4.69, 9.17) is 11.6 Å². The third-order valence-electron chi connectivity index (χ3n) is 3.72. The van der Waals surface area contributed by atoms with Gasteiger partial charge in [0.25, 0.3) is 5.91 Å². The molecule has 0 fully saturated rings. The van der Waals surface area contributed by atoms with Crippen LogP contribution in [0.3, 0.4) is 0 Å². The molecule has 0 saturated carbocycles. The monoisotopic (exact) mass is 388 g/mol. The quantitative estimate of drug-likeness (QED) is 0.804. The van der Waals surface area contributed by atoms with E-state index in [0.29, 0.717) is 29.1 Å². The minimum absolute atomic E-state index is 0.0773. The van der Waals surface area contributed by atoms with Gasteiger partial charge in [-0.1, -0.05) is 17.7 Å². The van der Waals surface area contributed by atoms with Gasteiger partial charge in [0.15, 0.2) is 0 Å². The number of carbonyl (C=O) groups is 2. The lowest BCUT2D eigenvalue weighted by molar-refractivity contribution is -0.167. The Bertz CT molecular complexity index is 848. The number of fused-ring (bicyclic) bond motifs is 1. The topological polar surface area (TPSA) is 58.2 Å². The summed E-state index contributed by atoms with van der Waals surface area (Å²) in [5, 5.41) is 4.78. The highest BCUT2D eigenvalue weighted by molar-refractivity contribution is 7.17. The number of rotatable bonds is 3. The molecule has 1 aromatic carbocycles. The SMILES string of the molecule is O=C(Nc1cccc(Cl)c1)c1c(NC(=O)C(F)(F)F)sc2c1CCC2. The minimum atomic E-state index is -5.02. The number of carbonyl (C=O) groups excluding carboxylic acids is 2. The zero-order chi connectivity index (χ0) is 18.2. The van der Waals surface area contributed by atoms with E-state index >= 15 is 0 Å². The number of nitrogens with one attached hydrogen (secondary N) is 2. The van der Waals surface area contributed by atoms with Gasteiger partial charge < -0.3 is 10.6 Å². The lowest BCUT2D eigenvalue weighted by Crippen LogP contribution is -2.30. The molecule has 25 heavy (non-hydrogen) atoms. The number of thiophene rings is 1. The standard InChI is InChI=1S/C16H12ClF3N2O2S/c17-8-3-1-4-9(7-8)21-13(23)12-10-5-2-6-11(10)25-14(12)22-15(24)16(18,19)20/h1,3-4,7H,2,5-6H2,(H,21,23)(H,22,24). The van der Waals surface area contributed by atoms with Gasteiger partial charge in [0.05, 0.1) is 5.56 Å². The zero-order valence-corrected chi connectivity index (χ0v) is 14.2. The van der Waals surface area contributed by atoms with E-state index < -0.39 is 18.0 Å². The summed E-state index contributed by atoms with van der Waals surface area (Å²) in [5.41, 5.74) is 1.21. The average Bonchev–Trinajstić information content (AvgIpc) is 3.06. The summed E-state index contributed by atoms with van der Waals surface area (Å²) in [4.78, 5) is 24.7. The van der Waals surface area contributed by atoms with Crippen LogP contribution >= 0.6 is 22.9 Å². The molecule has 1 aromatic heterocycles. The summed E-state index contributed by atoms with van der Waals surface area (Å²) in [6.45, 7) is 0. The molecule has 3 rings (SSSR count). The van der Waals surface area contributed by atoms with E-state index in [1.807, 2.05) is 5.32 Å². The average molecular weight is 389 g/mol. The molecule has 0 bridgehead atoms. The second-order valence-corrected chi connectivity index (χ2v) is 7.02. The number of aryl methyl sites for hydroxylation is 1. The highest BCUT2D eigenvalue weighted by Gasteiger charge is 2.40. The van der Waals surface area contributed by atoms with Crippen LogP contribution in [0, 0.1) is 0 Å². The van der Waals surface area contributed by atoms with Gasteiger partial charge in [0, 0.05) is 15.6 Å². The summed E-state index contributed by atoms with van der Waals surface area (Å²) in [7, 11) is 0. The third kappa shape index (κ3) is 3.80. The lowest BCUT2D eigenvalue weighted by Gasteiger charge is -2.11. The molecule has 0 aliphatic heterocycles. The fourth-order valence-corrected chi connectivity index (χ4v) is 4.14. The van der Waals surface area contributed by atoms with Crippen molar-refractivity contribution in [2.45, 2.75) is 25.4 Å². The Kier molecular flexibility index (Phi) is 4.75. The molecular weight excluding hydrogens is 377 g/mol. The Morgan fingerprint density at radius 3 is 2.60 bits per heavy atom. The second-order valence-electron chi connectivity index (χ2n) is 5.48. The minimum Gasteiger partial charge on any atom is -0.322 e. The Morgan fingerprint density at radius 1 is 1.16 bits per heavy atom. The highest BCUT2D eigenvalue weighted by Crippen LogP contribution is 2.40. The first-order chi connectivity index (χ1) is 11.8. The van der Waals surface area contributed by atoms with Gasteiger partial charge in [0.2, 0.25) is 0 Å². The van der Waals surface area contributed by atoms with Gasteiger partial charge >= 0.3 is 12.1 Å². The Morgan fingerprint density at radius 2 is 1.92 bits per heavy atom. The van der Waals surface area contributed by atoms with Crippen molar-refractivity contribution in [1.29, 1.82) is 0 Å². The zero-order valence-electron chi connectivity index (χ0n) is 12.7. The molecule has 1 aliphatic carbocycles. The maximum Gasteiger partial charge on any atom is 0.471 e. The second kappa shape index (κ2) is 6.68. The summed E-state index contributed by atoms with van der Waals surface area (Å²) < 4.78 is 37.6. The summed E-state index contributed by atoms with van der Waals surface area (Å²) in [5.74, 6) is -2.66. The van der Waals surface area contributed by atoms with Crippen molar-refractivity contribution in [3.8, 4) is 0 Å². The fraction of sp³-hybridized carbons (Fsp3) is 0.250. The number of anilines is 2. The van der Waals surface area contributed by atoms with Gasteiger partial charge in [-0.15, -0.1) is 11.3 Å². The molecule has 9 heteroatoms. The van der Waals surface area contributed by atoms with Crippen molar-refractivity contribution in [1.82, 2.24) is 0 Å². The number of halogens is 4. The number of benzene rings is 1. The number of hydrogen-bond acceptors (Lipinski definition) is 3. The van der Waals surface area contributed by atoms with E-state index in [0.717, 1.165) is 22.6 Å². The molecule has 2 aromatic rings. The van der Waals surface area contributed by atoms with E-state index in [9.17, 15) is 22.8 Å². The number of alkyl halides is 3. The molecule has 0 spiro atoms. The smallest absolute Gasteiger partial charge is 0.322 e. The van der Waals surface area contributed by atoms with Crippen molar-refractivity contribution in [3.05, 3.63) is 45.3 Å². The molecule has 1 aliphatic rings. The molecule has 4 nitrogen and oxygen atoms in total. The van der Waals surface area contributed by atoms with E-state index in [1.54, 1.807) is 18.2 Å². The van der Waals surface area contributed by atoms with Crippen LogP contribution < -0.4 is 10.6 Å². The molecule has 0 radical (unpaired) electrons. The lowest BCUT2D eigenvalue weighted by atomic mass is 10.1. The van der Waals surface area contributed by atoms with Crippen LogP contribution in [-0.2, 0) is 17.6 Å². The van der Waals surface area contributed by atoms with Crippen molar-refractivity contribution < 1.29 is 22.8 Å². The van der Waals surface area contributed by atoms with Crippen LogP contribution in [0.25, 0.3) is 0 Å². The largest absolute Gasteiger partial charge is 0.471 e. The van der Waals surface area contributed by atoms with Crippen molar-refractivity contribution in [3.63, 3.8) is 0 Å². The molecule has 0 saturated heterocycles. The molecule has 1 heterocycles. The van der Waals surface area contributed by atoms with Crippen LogP contribution in [0.2, 0.25) is 5.02 Å². The van der Waals surface area contributed by atoms with Crippen molar-refractivity contribution in [2.24, 2.45) is 0 Å².